The number of hydrogen-bond acceptors (Lipinski definition) is 3. The second-order valence-electron chi connectivity index (χ2n) is 5.04. The fourth-order valence-electron chi connectivity index (χ4n) is 2.38. The topological polar surface area (TPSA) is 55.6 Å². The highest BCUT2D eigenvalue weighted by Gasteiger charge is 2.27. The highest BCUT2D eigenvalue weighted by molar-refractivity contribution is 5.96. The fraction of sp³-hybridized carbons (Fsp3) is 0.500. The summed E-state index contributed by atoms with van der Waals surface area (Å²) in [6.07, 6.45) is 0.165. The largest absolute Gasteiger partial charge is 0.399 e. The van der Waals surface area contributed by atoms with Crippen LogP contribution in [-0.2, 0) is 4.74 Å². The molecule has 4 heteroatoms. The lowest BCUT2D eigenvalue weighted by Gasteiger charge is -2.35. The molecule has 1 amide bonds. The van der Waals surface area contributed by atoms with Gasteiger partial charge in [0.25, 0.3) is 5.91 Å². The monoisotopic (exact) mass is 248 g/mol. The van der Waals surface area contributed by atoms with Crippen molar-refractivity contribution in [3.63, 3.8) is 0 Å². The summed E-state index contributed by atoms with van der Waals surface area (Å²) < 4.78 is 5.64. The molecule has 98 valence electrons. The van der Waals surface area contributed by atoms with Crippen LogP contribution in [0.3, 0.4) is 0 Å². The normalized spacial score (nSPS) is 24.1. The Morgan fingerprint density at radius 2 is 1.94 bits per heavy atom. The number of carbonyl (C=O) groups is 1. The summed E-state index contributed by atoms with van der Waals surface area (Å²) in [6, 6.07) is 5.45. The highest BCUT2D eigenvalue weighted by atomic mass is 16.5. The predicted octanol–water partition coefficient (Wildman–Crippen LogP) is 1.83. The minimum Gasteiger partial charge on any atom is -0.399 e. The smallest absolute Gasteiger partial charge is 0.254 e. The molecule has 1 saturated heterocycles. The molecular formula is C14H20N2O2. The van der Waals surface area contributed by atoms with Crippen molar-refractivity contribution in [3.05, 3.63) is 29.3 Å². The lowest BCUT2D eigenvalue weighted by molar-refractivity contribution is -0.0586. The van der Waals surface area contributed by atoms with Crippen molar-refractivity contribution >= 4 is 11.6 Å². The van der Waals surface area contributed by atoms with E-state index in [1.54, 1.807) is 6.07 Å². The molecule has 1 aliphatic rings. The molecule has 18 heavy (non-hydrogen) atoms. The number of hydrogen-bond donors (Lipinski definition) is 1. The van der Waals surface area contributed by atoms with Gasteiger partial charge in [-0.3, -0.25) is 4.79 Å². The van der Waals surface area contributed by atoms with Crippen LogP contribution in [0, 0.1) is 6.92 Å². The quantitative estimate of drug-likeness (QED) is 0.771. The van der Waals surface area contributed by atoms with Crippen LogP contribution < -0.4 is 5.73 Å². The van der Waals surface area contributed by atoms with E-state index >= 15 is 0 Å². The number of nitrogens with two attached hydrogens (primary N) is 1. The van der Waals surface area contributed by atoms with E-state index in [1.165, 1.54) is 0 Å². The van der Waals surface area contributed by atoms with E-state index in [0.717, 1.165) is 5.56 Å². The van der Waals surface area contributed by atoms with Gasteiger partial charge in [0.15, 0.2) is 0 Å². The van der Waals surface area contributed by atoms with Gasteiger partial charge in [0.1, 0.15) is 0 Å². The molecule has 1 heterocycles. The Kier molecular flexibility index (Phi) is 3.57. The minimum atomic E-state index is 0.0433. The lowest BCUT2D eigenvalue weighted by atomic mass is 10.1. The first-order valence-electron chi connectivity index (χ1n) is 6.28. The van der Waals surface area contributed by atoms with Gasteiger partial charge in [0.2, 0.25) is 0 Å². The number of aryl methyl sites for hydroxylation is 1. The van der Waals surface area contributed by atoms with Gasteiger partial charge in [0, 0.05) is 24.3 Å². The van der Waals surface area contributed by atoms with Gasteiger partial charge in [-0.25, -0.2) is 0 Å². The molecule has 2 atom stereocenters. The van der Waals surface area contributed by atoms with Gasteiger partial charge >= 0.3 is 0 Å². The number of anilines is 1. The summed E-state index contributed by atoms with van der Waals surface area (Å²) in [7, 11) is 0. The average Bonchev–Trinajstić information content (AvgIpc) is 2.30. The van der Waals surface area contributed by atoms with E-state index in [9.17, 15) is 4.79 Å². The molecule has 2 unspecified atom stereocenters. The highest BCUT2D eigenvalue weighted by Crippen LogP contribution is 2.18. The average molecular weight is 248 g/mol. The van der Waals surface area contributed by atoms with Crippen LogP contribution in [0.4, 0.5) is 5.69 Å². The molecule has 0 bridgehead atoms. The lowest BCUT2D eigenvalue weighted by Crippen LogP contribution is -2.48. The third kappa shape index (κ3) is 2.64. The number of rotatable bonds is 1. The van der Waals surface area contributed by atoms with Crippen LogP contribution in [0.15, 0.2) is 18.2 Å². The van der Waals surface area contributed by atoms with Gasteiger partial charge in [0.05, 0.1) is 12.2 Å². The van der Waals surface area contributed by atoms with Crippen LogP contribution in [-0.4, -0.2) is 36.1 Å². The third-order valence-corrected chi connectivity index (χ3v) is 3.20. The molecule has 0 aliphatic carbocycles. The molecule has 2 rings (SSSR count). The second-order valence-corrected chi connectivity index (χ2v) is 5.04. The Morgan fingerprint density at radius 1 is 1.33 bits per heavy atom. The third-order valence-electron chi connectivity index (χ3n) is 3.20. The molecule has 0 spiro atoms. The Bertz CT molecular complexity index is 449. The van der Waals surface area contributed by atoms with Crippen molar-refractivity contribution in [1.82, 2.24) is 4.90 Å². The molecule has 2 N–H and O–H groups in total. The first-order valence-corrected chi connectivity index (χ1v) is 6.28. The van der Waals surface area contributed by atoms with Crippen molar-refractivity contribution in [2.75, 3.05) is 18.8 Å². The van der Waals surface area contributed by atoms with E-state index in [0.29, 0.717) is 24.3 Å². The molecule has 0 radical (unpaired) electrons. The van der Waals surface area contributed by atoms with Crippen molar-refractivity contribution in [2.24, 2.45) is 0 Å². The Morgan fingerprint density at radius 3 is 2.56 bits per heavy atom. The number of carbonyl (C=O) groups excluding carboxylic acids is 1. The van der Waals surface area contributed by atoms with Crippen LogP contribution in [0.1, 0.15) is 29.8 Å². The van der Waals surface area contributed by atoms with Gasteiger partial charge in [-0.05, 0) is 38.5 Å². The van der Waals surface area contributed by atoms with Gasteiger partial charge in [-0.2, -0.15) is 0 Å². The Balaban J connectivity index is 2.22. The van der Waals surface area contributed by atoms with Gasteiger partial charge in [-0.15, -0.1) is 0 Å². The maximum atomic E-state index is 12.5. The van der Waals surface area contributed by atoms with Crippen LogP contribution in [0.2, 0.25) is 0 Å². The first kappa shape index (κ1) is 12.9. The van der Waals surface area contributed by atoms with Crippen molar-refractivity contribution in [3.8, 4) is 0 Å². The second kappa shape index (κ2) is 4.98. The van der Waals surface area contributed by atoms with Crippen LogP contribution in [0.25, 0.3) is 0 Å². The van der Waals surface area contributed by atoms with E-state index in [-0.39, 0.29) is 18.1 Å². The van der Waals surface area contributed by atoms with Gasteiger partial charge < -0.3 is 15.4 Å². The Labute approximate surface area is 108 Å². The minimum absolute atomic E-state index is 0.0433. The number of nitrogens with zero attached hydrogens (tertiary/aromatic N) is 1. The zero-order valence-electron chi connectivity index (χ0n) is 11.1. The summed E-state index contributed by atoms with van der Waals surface area (Å²) >= 11 is 0. The zero-order valence-corrected chi connectivity index (χ0v) is 11.1. The molecule has 1 fully saturated rings. The van der Waals surface area contributed by atoms with Gasteiger partial charge in [-0.1, -0.05) is 6.07 Å². The van der Waals surface area contributed by atoms with Crippen LogP contribution >= 0.6 is 0 Å². The molecule has 4 nitrogen and oxygen atoms in total. The summed E-state index contributed by atoms with van der Waals surface area (Å²) in [6.45, 7) is 7.18. The summed E-state index contributed by atoms with van der Waals surface area (Å²) in [4.78, 5) is 14.3. The molecule has 0 saturated carbocycles. The van der Waals surface area contributed by atoms with Crippen LogP contribution in [0.5, 0.6) is 0 Å². The molecule has 1 aromatic carbocycles. The fourth-order valence-corrected chi connectivity index (χ4v) is 2.38. The van der Waals surface area contributed by atoms with Crippen molar-refractivity contribution < 1.29 is 9.53 Å². The SMILES string of the molecule is Cc1ccc(N)cc1C(=O)N1CC(C)OC(C)C1. The number of nitrogen functional groups attached to an aromatic ring is 1. The summed E-state index contributed by atoms with van der Waals surface area (Å²) in [5, 5.41) is 0. The maximum Gasteiger partial charge on any atom is 0.254 e. The predicted molar refractivity (Wildman–Crippen MR) is 71.5 cm³/mol. The number of benzene rings is 1. The number of morpholine rings is 1. The maximum absolute atomic E-state index is 12.5. The summed E-state index contributed by atoms with van der Waals surface area (Å²) in [5.41, 5.74) is 8.03. The summed E-state index contributed by atoms with van der Waals surface area (Å²) in [5.74, 6) is 0.0433. The first-order chi connectivity index (χ1) is 8.47. The van der Waals surface area contributed by atoms with E-state index in [1.807, 2.05) is 37.8 Å². The molecule has 1 aliphatic heterocycles. The Hall–Kier alpha value is -1.55. The van der Waals surface area contributed by atoms with Crippen molar-refractivity contribution in [1.29, 1.82) is 0 Å². The molecular weight excluding hydrogens is 228 g/mol. The standard InChI is InChI=1S/C14H20N2O2/c1-9-4-5-12(15)6-13(9)14(17)16-7-10(2)18-11(3)8-16/h4-6,10-11H,7-8,15H2,1-3H3. The number of ether oxygens (including phenoxy) is 1. The number of amides is 1. The zero-order chi connectivity index (χ0) is 13.3. The van der Waals surface area contributed by atoms with E-state index in [2.05, 4.69) is 0 Å². The van der Waals surface area contributed by atoms with Crippen molar-refractivity contribution in [2.45, 2.75) is 33.0 Å². The van der Waals surface area contributed by atoms with E-state index in [4.69, 9.17) is 10.5 Å². The molecule has 1 aromatic rings. The molecule has 0 aromatic heterocycles. The van der Waals surface area contributed by atoms with E-state index < -0.39 is 0 Å².